The molecule has 0 aliphatic heterocycles. The van der Waals surface area contributed by atoms with Gasteiger partial charge in [0, 0.05) is 19.3 Å². The van der Waals surface area contributed by atoms with Crippen LogP contribution >= 0.6 is 0 Å². The normalized spacial score (nSPS) is 12.9. The Labute approximate surface area is 412 Å². The summed E-state index contributed by atoms with van der Waals surface area (Å²) >= 11 is 0. The van der Waals surface area contributed by atoms with Crippen LogP contribution in [0, 0.1) is 0 Å². The Balaban J connectivity index is 4.55. The Morgan fingerprint density at radius 1 is 0.328 bits per heavy atom. The molecule has 0 bridgehead atoms. The third-order valence-electron chi connectivity index (χ3n) is 11.3. The van der Waals surface area contributed by atoms with E-state index < -0.39 is 6.10 Å². The van der Waals surface area contributed by atoms with Crippen molar-refractivity contribution in [1.29, 1.82) is 0 Å². The van der Waals surface area contributed by atoms with Gasteiger partial charge in [-0.3, -0.25) is 14.4 Å². The van der Waals surface area contributed by atoms with Crippen molar-refractivity contribution in [2.45, 2.75) is 245 Å². The molecule has 6 heteroatoms. The lowest BCUT2D eigenvalue weighted by Gasteiger charge is -2.18. The summed E-state index contributed by atoms with van der Waals surface area (Å²) in [6.07, 6.45) is 73.6. The molecule has 0 saturated heterocycles. The highest BCUT2D eigenvalue weighted by molar-refractivity contribution is 5.71. The zero-order valence-electron chi connectivity index (χ0n) is 43.4. The van der Waals surface area contributed by atoms with Gasteiger partial charge < -0.3 is 14.2 Å². The number of esters is 3. The van der Waals surface area contributed by atoms with E-state index >= 15 is 0 Å². The second kappa shape index (κ2) is 54.7. The molecule has 380 valence electrons. The first kappa shape index (κ1) is 63.1. The molecule has 0 spiro atoms. The van der Waals surface area contributed by atoms with Gasteiger partial charge in [0.2, 0.25) is 0 Å². The molecule has 0 aliphatic carbocycles. The van der Waals surface area contributed by atoms with E-state index in [0.29, 0.717) is 19.3 Å². The van der Waals surface area contributed by atoms with Crippen LogP contribution in [-0.4, -0.2) is 37.2 Å². The molecule has 0 fully saturated rings. The maximum atomic E-state index is 12.8. The fourth-order valence-electron chi connectivity index (χ4n) is 7.18. The molecule has 0 heterocycles. The van der Waals surface area contributed by atoms with Crippen molar-refractivity contribution in [3.63, 3.8) is 0 Å². The maximum Gasteiger partial charge on any atom is 0.306 e. The minimum absolute atomic E-state index is 0.118. The van der Waals surface area contributed by atoms with Crippen molar-refractivity contribution in [1.82, 2.24) is 0 Å². The second-order valence-corrected chi connectivity index (χ2v) is 17.8. The van der Waals surface area contributed by atoms with Gasteiger partial charge in [-0.2, -0.15) is 0 Å². The lowest BCUT2D eigenvalue weighted by atomic mass is 10.1. The van der Waals surface area contributed by atoms with Gasteiger partial charge in [0.05, 0.1) is 0 Å². The van der Waals surface area contributed by atoms with Gasteiger partial charge in [-0.25, -0.2) is 0 Å². The maximum absolute atomic E-state index is 12.8. The Kier molecular flexibility index (Phi) is 51.5. The van der Waals surface area contributed by atoms with Crippen LogP contribution in [0.2, 0.25) is 0 Å². The number of hydrogen-bond acceptors (Lipinski definition) is 6. The minimum atomic E-state index is -0.824. The van der Waals surface area contributed by atoms with E-state index in [9.17, 15) is 14.4 Å². The molecule has 0 saturated carbocycles. The molecule has 1 unspecified atom stereocenters. The monoisotopic (exact) mass is 929 g/mol. The second-order valence-electron chi connectivity index (χ2n) is 17.8. The van der Waals surface area contributed by atoms with Crippen LogP contribution in [0.5, 0.6) is 0 Å². The third kappa shape index (κ3) is 52.9. The van der Waals surface area contributed by atoms with Crippen molar-refractivity contribution in [3.8, 4) is 0 Å². The van der Waals surface area contributed by atoms with Crippen LogP contribution < -0.4 is 0 Å². The number of unbranched alkanes of at least 4 members (excludes halogenated alkanes) is 21. The molecule has 67 heavy (non-hydrogen) atoms. The average molecular weight is 929 g/mol. The number of ether oxygens (including phenoxy) is 3. The molecular formula is C61H100O6. The fourth-order valence-corrected chi connectivity index (χ4v) is 7.18. The first-order chi connectivity index (χ1) is 33.0. The van der Waals surface area contributed by atoms with Gasteiger partial charge in [0.1, 0.15) is 13.2 Å². The molecule has 0 radical (unpaired) electrons. The fraction of sp³-hybridized carbons (Fsp3) is 0.656. The summed E-state index contributed by atoms with van der Waals surface area (Å²) in [5, 5.41) is 0. The molecule has 0 aromatic heterocycles. The number of carbonyl (C=O) groups is 3. The first-order valence-corrected chi connectivity index (χ1v) is 27.4. The Bertz CT molecular complexity index is 1390. The number of carbonyl (C=O) groups excluding carboxylic acids is 3. The van der Waals surface area contributed by atoms with Crippen LogP contribution in [0.4, 0.5) is 0 Å². The summed E-state index contributed by atoms with van der Waals surface area (Å²) in [5.41, 5.74) is 0. The van der Waals surface area contributed by atoms with E-state index in [1.807, 2.05) is 0 Å². The third-order valence-corrected chi connectivity index (χ3v) is 11.3. The van der Waals surface area contributed by atoms with Crippen molar-refractivity contribution in [2.24, 2.45) is 0 Å². The van der Waals surface area contributed by atoms with E-state index in [4.69, 9.17) is 14.2 Å². The molecule has 0 N–H and O–H groups in total. The number of rotatable bonds is 48. The van der Waals surface area contributed by atoms with Crippen LogP contribution in [0.3, 0.4) is 0 Å². The lowest BCUT2D eigenvalue weighted by molar-refractivity contribution is -0.167. The largest absolute Gasteiger partial charge is 0.462 e. The van der Waals surface area contributed by atoms with Gasteiger partial charge in [-0.1, -0.05) is 220 Å². The highest BCUT2D eigenvalue weighted by Gasteiger charge is 2.19. The first-order valence-electron chi connectivity index (χ1n) is 27.4. The van der Waals surface area contributed by atoms with E-state index in [1.54, 1.807) is 0 Å². The van der Waals surface area contributed by atoms with Crippen molar-refractivity contribution >= 4 is 17.9 Å². The summed E-state index contributed by atoms with van der Waals surface area (Å²) in [6, 6.07) is 0. The van der Waals surface area contributed by atoms with Crippen LogP contribution in [0.15, 0.2) is 109 Å². The molecular weight excluding hydrogens is 829 g/mol. The molecule has 1 atom stereocenters. The van der Waals surface area contributed by atoms with Crippen LogP contribution in [0.25, 0.3) is 0 Å². The SMILES string of the molecule is CC/C=C\C/C=C\C/C=C\CCCCCCC(=O)OCC(COC(=O)CCCCCCC\C=C/C=C\C=C/CCCCCCC)OC(=O)CCC/C=C\C/C=C\C/C=C\CCCCCCCC. The summed E-state index contributed by atoms with van der Waals surface area (Å²) in [5.74, 6) is -1.01. The van der Waals surface area contributed by atoms with Gasteiger partial charge in [0.25, 0.3) is 0 Å². The topological polar surface area (TPSA) is 78.9 Å². The van der Waals surface area contributed by atoms with Gasteiger partial charge >= 0.3 is 17.9 Å². The van der Waals surface area contributed by atoms with Crippen LogP contribution in [-0.2, 0) is 28.6 Å². The number of allylic oxidation sites excluding steroid dienone is 18. The summed E-state index contributed by atoms with van der Waals surface area (Å²) < 4.78 is 16.7. The molecule has 0 amide bonds. The predicted molar refractivity (Wildman–Crippen MR) is 288 cm³/mol. The quantitative estimate of drug-likeness (QED) is 0.0199. The van der Waals surface area contributed by atoms with Gasteiger partial charge in [-0.05, 0) is 109 Å². The summed E-state index contributed by atoms with van der Waals surface area (Å²) in [6.45, 7) is 6.42. The Hall–Kier alpha value is -3.93. The molecule has 0 aromatic rings. The lowest BCUT2D eigenvalue weighted by Crippen LogP contribution is -2.30. The van der Waals surface area contributed by atoms with Crippen LogP contribution in [0.1, 0.15) is 239 Å². The van der Waals surface area contributed by atoms with E-state index in [-0.39, 0.29) is 37.5 Å². The summed E-state index contributed by atoms with van der Waals surface area (Å²) in [7, 11) is 0. The molecule has 0 rings (SSSR count). The van der Waals surface area contributed by atoms with Gasteiger partial charge in [-0.15, -0.1) is 0 Å². The predicted octanol–water partition coefficient (Wildman–Crippen LogP) is 18.3. The highest BCUT2D eigenvalue weighted by Crippen LogP contribution is 2.12. The molecule has 0 aliphatic rings. The summed E-state index contributed by atoms with van der Waals surface area (Å²) in [4.78, 5) is 38.1. The zero-order valence-corrected chi connectivity index (χ0v) is 43.4. The van der Waals surface area contributed by atoms with E-state index in [2.05, 4.69) is 130 Å². The van der Waals surface area contributed by atoms with E-state index in [1.165, 1.54) is 77.0 Å². The Morgan fingerprint density at radius 3 is 1.07 bits per heavy atom. The number of hydrogen-bond donors (Lipinski definition) is 0. The zero-order chi connectivity index (χ0) is 48.6. The van der Waals surface area contributed by atoms with Gasteiger partial charge in [0.15, 0.2) is 6.10 Å². The molecule has 6 nitrogen and oxygen atoms in total. The smallest absolute Gasteiger partial charge is 0.306 e. The van der Waals surface area contributed by atoms with Crippen molar-refractivity contribution in [2.75, 3.05) is 13.2 Å². The highest BCUT2D eigenvalue weighted by atomic mass is 16.6. The van der Waals surface area contributed by atoms with Crippen molar-refractivity contribution in [3.05, 3.63) is 109 Å². The minimum Gasteiger partial charge on any atom is -0.462 e. The van der Waals surface area contributed by atoms with Crippen molar-refractivity contribution < 1.29 is 28.6 Å². The standard InChI is InChI=1S/C61H100O6/c1-4-7-10-13-16-19-22-25-28-30-32-33-36-39-42-45-48-51-54-60(63)66-57-58(56-65-59(62)53-50-47-44-41-38-35-27-24-21-18-15-12-9-6-3)67-61(64)55-52-49-46-43-40-37-34-31-29-26-23-20-17-14-11-8-5-2/h9,12,18,21-22,25-30,32-35,37,43,46,58H,4-8,10-11,13-17,19-20,23-24,31,36,38-42,44-45,47-57H2,1-3H3/b12-9-,21-18-,25-22-,29-26-,30-28-,33-32-,35-27-,37-34-,46-43-. The average Bonchev–Trinajstić information content (AvgIpc) is 3.33. The van der Waals surface area contributed by atoms with E-state index in [0.717, 1.165) is 116 Å². The molecule has 0 aromatic carbocycles. The Morgan fingerprint density at radius 2 is 0.657 bits per heavy atom.